The van der Waals surface area contributed by atoms with Crippen molar-refractivity contribution in [2.45, 2.75) is 39.4 Å². The van der Waals surface area contributed by atoms with Gasteiger partial charge in [0.1, 0.15) is 0 Å². The lowest BCUT2D eigenvalue weighted by molar-refractivity contribution is -0.00997. The zero-order valence-electron chi connectivity index (χ0n) is 11.3. The van der Waals surface area contributed by atoms with Gasteiger partial charge in [0.15, 0.2) is 0 Å². The molecule has 0 radical (unpaired) electrons. The fourth-order valence-corrected chi connectivity index (χ4v) is 1.74. The second-order valence-electron chi connectivity index (χ2n) is 5.28. The van der Waals surface area contributed by atoms with Gasteiger partial charge in [0.25, 0.3) is 0 Å². The highest BCUT2D eigenvalue weighted by Gasteiger charge is 2.31. The van der Waals surface area contributed by atoms with Gasteiger partial charge in [-0.3, -0.25) is 0 Å². The van der Waals surface area contributed by atoms with E-state index in [0.29, 0.717) is 26.4 Å². The first-order valence-corrected chi connectivity index (χ1v) is 6.67. The minimum atomic E-state index is -0.414. The molecule has 1 saturated carbocycles. The fourth-order valence-electron chi connectivity index (χ4n) is 1.74. The Morgan fingerprint density at radius 1 is 1.35 bits per heavy atom. The molecule has 0 aliphatic heterocycles. The third kappa shape index (κ3) is 7.71. The van der Waals surface area contributed by atoms with Crippen molar-refractivity contribution in [1.82, 2.24) is 5.32 Å². The fraction of sp³-hybridized carbons (Fsp3) is 1.00. The van der Waals surface area contributed by atoms with Crippen molar-refractivity contribution in [3.8, 4) is 0 Å². The van der Waals surface area contributed by atoms with E-state index in [-0.39, 0.29) is 6.10 Å². The Morgan fingerprint density at radius 3 is 2.65 bits per heavy atom. The Labute approximate surface area is 105 Å². The summed E-state index contributed by atoms with van der Waals surface area (Å²) in [5.74, 6) is 1.69. The van der Waals surface area contributed by atoms with Gasteiger partial charge in [0.2, 0.25) is 0 Å². The molecule has 0 aromatic heterocycles. The van der Waals surface area contributed by atoms with Gasteiger partial charge in [0.05, 0.1) is 32.0 Å². The lowest BCUT2D eigenvalue weighted by Gasteiger charge is -2.13. The summed E-state index contributed by atoms with van der Waals surface area (Å²) >= 11 is 0. The molecule has 1 aliphatic rings. The molecule has 4 nitrogen and oxygen atoms in total. The molecule has 1 fully saturated rings. The molecule has 0 aromatic carbocycles. The van der Waals surface area contributed by atoms with Gasteiger partial charge in [0, 0.05) is 6.54 Å². The summed E-state index contributed by atoms with van der Waals surface area (Å²) in [7, 11) is 0. The Balaban J connectivity index is 1.82. The van der Waals surface area contributed by atoms with Crippen LogP contribution in [0, 0.1) is 11.8 Å². The predicted molar refractivity (Wildman–Crippen MR) is 68.1 cm³/mol. The van der Waals surface area contributed by atoms with Crippen LogP contribution in [-0.2, 0) is 9.47 Å². The summed E-state index contributed by atoms with van der Waals surface area (Å²) in [5, 5.41) is 12.9. The highest BCUT2D eigenvalue weighted by atomic mass is 16.5. The molecule has 1 rings (SSSR count). The lowest BCUT2D eigenvalue weighted by Crippen LogP contribution is -2.32. The van der Waals surface area contributed by atoms with E-state index in [9.17, 15) is 5.11 Å². The first-order valence-electron chi connectivity index (χ1n) is 6.67. The topological polar surface area (TPSA) is 50.7 Å². The van der Waals surface area contributed by atoms with Gasteiger partial charge < -0.3 is 19.9 Å². The number of rotatable bonds is 10. The van der Waals surface area contributed by atoms with E-state index in [1.165, 1.54) is 6.42 Å². The zero-order chi connectivity index (χ0) is 12.7. The molecule has 1 aliphatic carbocycles. The number of ether oxygens (including phenoxy) is 2. The molecule has 0 aromatic rings. The van der Waals surface area contributed by atoms with Crippen molar-refractivity contribution >= 4 is 0 Å². The minimum absolute atomic E-state index is 0.241. The van der Waals surface area contributed by atoms with Crippen LogP contribution in [-0.4, -0.2) is 50.2 Å². The normalized spacial score (nSPS) is 25.2. The van der Waals surface area contributed by atoms with Crippen LogP contribution in [0.3, 0.4) is 0 Å². The maximum Gasteiger partial charge on any atom is 0.0897 e. The van der Waals surface area contributed by atoms with Crippen LogP contribution in [0.25, 0.3) is 0 Å². The maximum atomic E-state index is 9.63. The monoisotopic (exact) mass is 245 g/mol. The minimum Gasteiger partial charge on any atom is -0.389 e. The molecule has 0 amide bonds. The molecule has 17 heavy (non-hydrogen) atoms. The first-order chi connectivity index (χ1) is 8.09. The van der Waals surface area contributed by atoms with E-state index < -0.39 is 6.10 Å². The average Bonchev–Trinajstić information content (AvgIpc) is 2.93. The smallest absolute Gasteiger partial charge is 0.0897 e. The molecular weight excluding hydrogens is 218 g/mol. The number of aliphatic hydroxyl groups is 1. The molecule has 4 heteroatoms. The van der Waals surface area contributed by atoms with Crippen LogP contribution in [0.15, 0.2) is 0 Å². The van der Waals surface area contributed by atoms with Crippen molar-refractivity contribution in [3.63, 3.8) is 0 Å². The highest BCUT2D eigenvalue weighted by molar-refractivity contribution is 4.84. The third-order valence-corrected chi connectivity index (χ3v) is 3.05. The zero-order valence-corrected chi connectivity index (χ0v) is 11.3. The summed E-state index contributed by atoms with van der Waals surface area (Å²) in [6.07, 6.45) is 1.15. The van der Waals surface area contributed by atoms with E-state index in [1.807, 2.05) is 13.8 Å². The lowest BCUT2D eigenvalue weighted by atomic mass is 10.3. The molecule has 0 bridgehead atoms. The average molecular weight is 245 g/mol. The largest absolute Gasteiger partial charge is 0.389 e. The number of hydrogen-bond donors (Lipinski definition) is 2. The van der Waals surface area contributed by atoms with Crippen LogP contribution < -0.4 is 5.32 Å². The van der Waals surface area contributed by atoms with Crippen LogP contribution in [0.4, 0.5) is 0 Å². The van der Waals surface area contributed by atoms with Crippen LogP contribution in [0.1, 0.15) is 27.2 Å². The van der Waals surface area contributed by atoms with Crippen molar-refractivity contribution in [2.75, 3.05) is 32.9 Å². The number of nitrogens with one attached hydrogen (secondary N) is 1. The van der Waals surface area contributed by atoms with Gasteiger partial charge in [-0.15, -0.1) is 0 Å². The molecule has 0 heterocycles. The van der Waals surface area contributed by atoms with E-state index in [1.54, 1.807) is 0 Å². The van der Waals surface area contributed by atoms with Crippen molar-refractivity contribution in [1.29, 1.82) is 0 Å². The van der Waals surface area contributed by atoms with E-state index in [0.717, 1.165) is 18.4 Å². The quantitative estimate of drug-likeness (QED) is 0.565. The Hall–Kier alpha value is -0.160. The van der Waals surface area contributed by atoms with Gasteiger partial charge in [-0.1, -0.05) is 6.92 Å². The molecule has 0 saturated heterocycles. The van der Waals surface area contributed by atoms with Crippen LogP contribution in [0.5, 0.6) is 0 Å². The van der Waals surface area contributed by atoms with Crippen molar-refractivity contribution in [2.24, 2.45) is 11.8 Å². The summed E-state index contributed by atoms with van der Waals surface area (Å²) in [6.45, 7) is 9.43. The highest BCUT2D eigenvalue weighted by Crippen LogP contribution is 2.36. The molecule has 2 N–H and O–H groups in total. The van der Waals surface area contributed by atoms with Gasteiger partial charge in [-0.25, -0.2) is 0 Å². The summed E-state index contributed by atoms with van der Waals surface area (Å²) in [5.41, 5.74) is 0. The molecular formula is C13H27NO3. The molecule has 3 atom stereocenters. The van der Waals surface area contributed by atoms with Crippen LogP contribution >= 0.6 is 0 Å². The maximum absolute atomic E-state index is 9.63. The predicted octanol–water partition coefficient (Wildman–Crippen LogP) is 1.03. The van der Waals surface area contributed by atoms with Gasteiger partial charge in [-0.05, 0) is 38.6 Å². The van der Waals surface area contributed by atoms with Gasteiger partial charge >= 0.3 is 0 Å². The van der Waals surface area contributed by atoms with E-state index >= 15 is 0 Å². The molecule has 0 spiro atoms. The van der Waals surface area contributed by atoms with E-state index in [2.05, 4.69) is 12.2 Å². The van der Waals surface area contributed by atoms with Crippen LogP contribution in [0.2, 0.25) is 0 Å². The van der Waals surface area contributed by atoms with Gasteiger partial charge in [-0.2, -0.15) is 0 Å². The Bertz CT molecular complexity index is 199. The van der Waals surface area contributed by atoms with Crippen molar-refractivity contribution in [3.05, 3.63) is 0 Å². The summed E-state index contributed by atoms with van der Waals surface area (Å²) in [6, 6.07) is 0. The summed E-state index contributed by atoms with van der Waals surface area (Å²) < 4.78 is 10.7. The summed E-state index contributed by atoms with van der Waals surface area (Å²) in [4.78, 5) is 0. The standard InChI is InChI=1S/C13H27NO3/c1-10(2)17-5-4-16-9-13(15)8-14-7-12-6-11(12)3/h10-15H,4-9H2,1-3H3. The third-order valence-electron chi connectivity index (χ3n) is 3.05. The molecule has 102 valence electrons. The second kappa shape index (κ2) is 8.03. The Kier molecular flexibility index (Phi) is 7.04. The van der Waals surface area contributed by atoms with Crippen molar-refractivity contribution < 1.29 is 14.6 Å². The first kappa shape index (κ1) is 14.9. The number of aliphatic hydroxyl groups excluding tert-OH is 1. The second-order valence-corrected chi connectivity index (χ2v) is 5.28. The van der Waals surface area contributed by atoms with E-state index in [4.69, 9.17) is 9.47 Å². The Morgan fingerprint density at radius 2 is 2.06 bits per heavy atom. The number of hydrogen-bond acceptors (Lipinski definition) is 4. The SMILES string of the molecule is CC(C)OCCOCC(O)CNCC1CC1C. The molecule has 3 unspecified atom stereocenters.